The molecule has 2 aromatic rings. The number of nitrogens with one attached hydrogen (secondary N) is 2. The van der Waals surface area contributed by atoms with Crippen LogP contribution in [0.25, 0.3) is 0 Å². The van der Waals surface area contributed by atoms with Gasteiger partial charge in [0, 0.05) is 29.2 Å². The van der Waals surface area contributed by atoms with E-state index in [2.05, 4.69) is 41.5 Å². The van der Waals surface area contributed by atoms with Gasteiger partial charge in [0.1, 0.15) is 5.82 Å². The highest BCUT2D eigenvalue weighted by molar-refractivity contribution is 5.89. The smallest absolute Gasteiger partial charge is 0.319 e. The summed E-state index contributed by atoms with van der Waals surface area (Å²) in [6.45, 7) is 5.51. The second-order valence-corrected chi connectivity index (χ2v) is 9.40. The van der Waals surface area contributed by atoms with Crippen LogP contribution in [0.4, 0.5) is 14.9 Å². The number of nitrogens with zero attached hydrogens (tertiary/aromatic N) is 1. The van der Waals surface area contributed by atoms with E-state index in [9.17, 15) is 9.18 Å². The number of halogens is 1. The van der Waals surface area contributed by atoms with Gasteiger partial charge in [-0.3, -0.25) is 4.90 Å². The molecular formula is C26H34FN3O3. The normalized spacial score (nSPS) is 24.9. The van der Waals surface area contributed by atoms with Crippen LogP contribution in [-0.4, -0.2) is 49.8 Å². The molecule has 1 saturated carbocycles. The Hall–Kier alpha value is -2.80. The maximum atomic E-state index is 13.1. The van der Waals surface area contributed by atoms with E-state index in [1.54, 1.807) is 26.4 Å². The highest BCUT2D eigenvalue weighted by atomic mass is 19.1. The SMILES string of the molecule is COc1ccc(C23CCC(NC(=O)Nc4ccc(F)cc4)CC2N(C(C)C)CC3)cc1OC. The molecule has 1 aliphatic carbocycles. The molecule has 2 fully saturated rings. The molecule has 178 valence electrons. The van der Waals surface area contributed by atoms with E-state index in [1.807, 2.05) is 6.07 Å². The lowest BCUT2D eigenvalue weighted by atomic mass is 9.65. The molecular weight excluding hydrogens is 421 g/mol. The van der Waals surface area contributed by atoms with Crippen molar-refractivity contribution in [3.05, 3.63) is 53.8 Å². The lowest BCUT2D eigenvalue weighted by Gasteiger charge is -2.46. The Morgan fingerprint density at radius 2 is 1.82 bits per heavy atom. The Morgan fingerprint density at radius 3 is 2.48 bits per heavy atom. The number of urea groups is 1. The summed E-state index contributed by atoms with van der Waals surface area (Å²) in [5.74, 6) is 1.17. The van der Waals surface area contributed by atoms with Crippen LogP contribution >= 0.6 is 0 Å². The van der Waals surface area contributed by atoms with Crippen LogP contribution < -0.4 is 20.1 Å². The van der Waals surface area contributed by atoms with Gasteiger partial charge in [0.05, 0.1) is 14.2 Å². The Bertz CT molecular complexity index is 981. The van der Waals surface area contributed by atoms with Gasteiger partial charge in [-0.1, -0.05) is 6.07 Å². The third kappa shape index (κ3) is 4.64. The van der Waals surface area contributed by atoms with Gasteiger partial charge in [0.2, 0.25) is 0 Å². The molecule has 0 aromatic heterocycles. The number of anilines is 1. The first-order valence-corrected chi connectivity index (χ1v) is 11.7. The van der Waals surface area contributed by atoms with Gasteiger partial charge in [-0.05, 0) is 88.0 Å². The first-order valence-electron chi connectivity index (χ1n) is 11.7. The minimum atomic E-state index is -0.324. The van der Waals surface area contributed by atoms with Crippen LogP contribution in [0.1, 0.15) is 45.1 Å². The molecule has 4 rings (SSSR count). The molecule has 0 radical (unpaired) electrons. The Balaban J connectivity index is 1.53. The third-order valence-electron chi connectivity index (χ3n) is 7.36. The van der Waals surface area contributed by atoms with Crippen LogP contribution in [0.3, 0.4) is 0 Å². The third-order valence-corrected chi connectivity index (χ3v) is 7.36. The van der Waals surface area contributed by atoms with Crippen molar-refractivity contribution in [3.8, 4) is 11.5 Å². The molecule has 1 saturated heterocycles. The van der Waals surface area contributed by atoms with Gasteiger partial charge in [0.15, 0.2) is 11.5 Å². The summed E-state index contributed by atoms with van der Waals surface area (Å²) in [6, 6.07) is 12.7. The van der Waals surface area contributed by atoms with Gasteiger partial charge in [0.25, 0.3) is 0 Å². The van der Waals surface area contributed by atoms with Crippen molar-refractivity contribution in [2.45, 2.75) is 63.1 Å². The number of amides is 2. The highest BCUT2D eigenvalue weighted by Crippen LogP contribution is 2.50. The molecule has 1 heterocycles. The number of hydrogen-bond acceptors (Lipinski definition) is 4. The largest absolute Gasteiger partial charge is 0.493 e. The topological polar surface area (TPSA) is 62.8 Å². The predicted octanol–water partition coefficient (Wildman–Crippen LogP) is 4.94. The molecule has 7 heteroatoms. The van der Waals surface area contributed by atoms with E-state index in [1.165, 1.54) is 17.7 Å². The monoisotopic (exact) mass is 455 g/mol. The molecule has 3 unspecified atom stereocenters. The second-order valence-electron chi connectivity index (χ2n) is 9.40. The lowest BCUT2D eigenvalue weighted by Crippen LogP contribution is -2.54. The molecule has 0 spiro atoms. The van der Waals surface area contributed by atoms with Crippen molar-refractivity contribution in [2.24, 2.45) is 0 Å². The zero-order valence-corrected chi connectivity index (χ0v) is 19.9. The summed E-state index contributed by atoms with van der Waals surface area (Å²) >= 11 is 0. The fraction of sp³-hybridized carbons (Fsp3) is 0.500. The number of fused-ring (bicyclic) bond motifs is 1. The number of hydrogen-bond donors (Lipinski definition) is 2. The van der Waals surface area contributed by atoms with Crippen molar-refractivity contribution < 1.29 is 18.7 Å². The van der Waals surface area contributed by atoms with E-state index in [4.69, 9.17) is 9.47 Å². The summed E-state index contributed by atoms with van der Waals surface area (Å²) in [6.07, 6.45) is 3.84. The van der Waals surface area contributed by atoms with E-state index in [0.29, 0.717) is 17.8 Å². The number of carbonyl (C=O) groups excluding carboxylic acids is 1. The van der Waals surface area contributed by atoms with Crippen LogP contribution in [0.15, 0.2) is 42.5 Å². The standard InChI is InChI=1S/C26H34FN3O3/c1-17(2)30-14-13-26(18-5-10-22(32-3)23(15-18)33-4)12-11-21(16-24(26)30)29-25(31)28-20-8-6-19(27)7-9-20/h5-10,15,17,21,24H,11-14,16H2,1-4H3,(H2,28,29,31). The van der Waals surface area contributed by atoms with Gasteiger partial charge in [-0.25, -0.2) is 9.18 Å². The first-order chi connectivity index (χ1) is 15.9. The maximum absolute atomic E-state index is 13.1. The summed E-state index contributed by atoms with van der Waals surface area (Å²) in [5, 5.41) is 5.97. The van der Waals surface area contributed by atoms with Crippen LogP contribution in [-0.2, 0) is 5.41 Å². The molecule has 2 amide bonds. The summed E-state index contributed by atoms with van der Waals surface area (Å²) < 4.78 is 24.2. The fourth-order valence-corrected chi connectivity index (χ4v) is 5.70. The van der Waals surface area contributed by atoms with Crippen LogP contribution in [0.2, 0.25) is 0 Å². The van der Waals surface area contributed by atoms with Crippen molar-refractivity contribution in [3.63, 3.8) is 0 Å². The Kier molecular flexibility index (Phi) is 6.79. The zero-order chi connectivity index (χ0) is 23.6. The van der Waals surface area contributed by atoms with E-state index < -0.39 is 0 Å². The number of methoxy groups -OCH3 is 2. The van der Waals surface area contributed by atoms with Gasteiger partial charge < -0.3 is 20.1 Å². The number of rotatable bonds is 6. The number of likely N-dealkylation sites (tertiary alicyclic amines) is 1. The van der Waals surface area contributed by atoms with Crippen molar-refractivity contribution in [1.29, 1.82) is 0 Å². The Labute approximate surface area is 195 Å². The van der Waals surface area contributed by atoms with Crippen LogP contribution in [0.5, 0.6) is 11.5 Å². The first kappa shape index (κ1) is 23.4. The fourth-order valence-electron chi connectivity index (χ4n) is 5.70. The average Bonchev–Trinajstić information content (AvgIpc) is 3.20. The maximum Gasteiger partial charge on any atom is 0.319 e. The molecule has 1 aliphatic heterocycles. The van der Waals surface area contributed by atoms with Crippen molar-refractivity contribution in [1.82, 2.24) is 10.2 Å². The van der Waals surface area contributed by atoms with Crippen molar-refractivity contribution >= 4 is 11.7 Å². The Morgan fingerprint density at radius 1 is 1.09 bits per heavy atom. The number of carbonyl (C=O) groups is 1. The minimum absolute atomic E-state index is 0.0232. The number of benzene rings is 2. The highest BCUT2D eigenvalue weighted by Gasteiger charge is 2.52. The van der Waals surface area contributed by atoms with Crippen molar-refractivity contribution in [2.75, 3.05) is 26.1 Å². The van der Waals surface area contributed by atoms with E-state index in [0.717, 1.165) is 43.7 Å². The van der Waals surface area contributed by atoms with E-state index >= 15 is 0 Å². The van der Waals surface area contributed by atoms with Gasteiger partial charge in [-0.2, -0.15) is 0 Å². The lowest BCUT2D eigenvalue weighted by molar-refractivity contribution is 0.113. The second kappa shape index (κ2) is 9.59. The molecule has 2 N–H and O–H groups in total. The van der Waals surface area contributed by atoms with E-state index in [-0.39, 0.29) is 23.3 Å². The van der Waals surface area contributed by atoms with Gasteiger partial charge in [-0.15, -0.1) is 0 Å². The quantitative estimate of drug-likeness (QED) is 0.648. The molecule has 6 nitrogen and oxygen atoms in total. The summed E-state index contributed by atoms with van der Waals surface area (Å²) in [5.41, 5.74) is 1.88. The predicted molar refractivity (Wildman–Crippen MR) is 128 cm³/mol. The molecule has 0 bridgehead atoms. The summed E-state index contributed by atoms with van der Waals surface area (Å²) in [4.78, 5) is 15.2. The van der Waals surface area contributed by atoms with Crippen LogP contribution in [0, 0.1) is 5.82 Å². The average molecular weight is 456 g/mol. The minimum Gasteiger partial charge on any atom is -0.493 e. The zero-order valence-electron chi connectivity index (χ0n) is 19.9. The molecule has 3 atom stereocenters. The molecule has 33 heavy (non-hydrogen) atoms. The van der Waals surface area contributed by atoms with Gasteiger partial charge >= 0.3 is 6.03 Å². The summed E-state index contributed by atoms with van der Waals surface area (Å²) in [7, 11) is 3.33. The number of ether oxygens (including phenoxy) is 2. The molecule has 2 aliphatic rings. The molecule has 2 aromatic carbocycles.